The highest BCUT2D eigenvalue weighted by Crippen LogP contribution is 2.34. The first-order valence-electron chi connectivity index (χ1n) is 12.9. The van der Waals surface area contributed by atoms with Gasteiger partial charge >= 0.3 is 5.69 Å². The van der Waals surface area contributed by atoms with E-state index in [4.69, 9.17) is 9.84 Å². The first-order chi connectivity index (χ1) is 18.5. The van der Waals surface area contributed by atoms with Crippen molar-refractivity contribution >= 4 is 17.5 Å². The summed E-state index contributed by atoms with van der Waals surface area (Å²) in [7, 11) is 3.54. The molecule has 12 nitrogen and oxygen atoms in total. The quantitative estimate of drug-likeness (QED) is 0.348. The molecule has 4 rings (SSSR count). The van der Waals surface area contributed by atoms with E-state index in [2.05, 4.69) is 63.7 Å². The van der Waals surface area contributed by atoms with Crippen molar-refractivity contribution in [1.29, 1.82) is 0 Å². The molecule has 0 aliphatic carbocycles. The van der Waals surface area contributed by atoms with Crippen LogP contribution in [0, 0.1) is 11.6 Å². The third kappa shape index (κ3) is 6.17. The molecule has 0 unspecified atom stereocenters. The molecule has 2 atom stereocenters. The number of halogens is 2. The molecule has 1 fully saturated rings. The molecule has 1 saturated heterocycles. The number of hydrogen-bond donors (Lipinski definition) is 3. The van der Waals surface area contributed by atoms with Crippen LogP contribution in [-0.4, -0.2) is 77.6 Å². The number of tetrazole rings is 1. The maximum absolute atomic E-state index is 15.1. The molecule has 0 saturated carbocycles. The molecular weight excluding hydrogens is 512 g/mol. The minimum atomic E-state index is -0.745. The molecule has 1 aliphatic rings. The van der Waals surface area contributed by atoms with Crippen molar-refractivity contribution in [3.63, 3.8) is 0 Å². The number of nitrogens with zero attached hydrogens (tertiary/aromatic N) is 7. The average molecular weight is 548 g/mol. The molecule has 3 heterocycles. The van der Waals surface area contributed by atoms with E-state index in [0.29, 0.717) is 6.04 Å². The number of anilines is 3. The van der Waals surface area contributed by atoms with Gasteiger partial charge in [-0.2, -0.15) is 14.3 Å². The first-order valence-corrected chi connectivity index (χ1v) is 12.9. The summed E-state index contributed by atoms with van der Waals surface area (Å²) in [5, 5.41) is 22.6. The second kappa shape index (κ2) is 11.6. The van der Waals surface area contributed by atoms with Gasteiger partial charge < -0.3 is 20.5 Å². The van der Waals surface area contributed by atoms with Gasteiger partial charge in [0, 0.05) is 30.7 Å². The lowest BCUT2D eigenvalue weighted by atomic mass is 9.82. The highest BCUT2D eigenvalue weighted by atomic mass is 19.1. The second-order valence-electron chi connectivity index (χ2n) is 10.3. The van der Waals surface area contributed by atoms with Gasteiger partial charge in [0.1, 0.15) is 18.0 Å². The molecule has 0 amide bonds. The van der Waals surface area contributed by atoms with Gasteiger partial charge in [0.2, 0.25) is 5.95 Å². The van der Waals surface area contributed by atoms with Crippen LogP contribution in [-0.2, 0) is 7.05 Å². The molecule has 3 aromatic rings. The molecule has 0 radical (unpaired) electrons. The summed E-state index contributed by atoms with van der Waals surface area (Å²) in [6.45, 7) is 6.05. The number of likely N-dealkylation sites (tertiary alicyclic amines) is 1. The van der Waals surface area contributed by atoms with Gasteiger partial charge in [-0.05, 0) is 56.7 Å². The molecule has 1 aromatic carbocycles. The predicted molar refractivity (Wildman–Crippen MR) is 142 cm³/mol. The number of piperidine rings is 1. The number of hydrogen-bond acceptors (Lipinski definition) is 10. The van der Waals surface area contributed by atoms with E-state index in [0.717, 1.165) is 47.3 Å². The lowest BCUT2D eigenvalue weighted by molar-refractivity contribution is 0.0396. The Kier molecular flexibility index (Phi) is 8.45. The molecule has 212 valence electrons. The molecule has 14 heteroatoms. The van der Waals surface area contributed by atoms with Crippen molar-refractivity contribution in [2.45, 2.75) is 64.1 Å². The van der Waals surface area contributed by atoms with Crippen LogP contribution in [0.15, 0.2) is 23.1 Å². The summed E-state index contributed by atoms with van der Waals surface area (Å²) in [6.07, 6.45) is 4.72. The number of aliphatic hydroxyl groups is 1. The van der Waals surface area contributed by atoms with Crippen molar-refractivity contribution in [3.05, 3.63) is 40.4 Å². The molecule has 2 aromatic heterocycles. The van der Waals surface area contributed by atoms with Crippen LogP contribution in [0.3, 0.4) is 0 Å². The summed E-state index contributed by atoms with van der Waals surface area (Å²) in [5.74, 6) is -1.42. The van der Waals surface area contributed by atoms with Crippen molar-refractivity contribution in [2.24, 2.45) is 7.05 Å². The Morgan fingerprint density at radius 1 is 1.21 bits per heavy atom. The number of rotatable bonds is 10. The summed E-state index contributed by atoms with van der Waals surface area (Å²) >= 11 is 0. The molecule has 0 spiro atoms. The van der Waals surface area contributed by atoms with E-state index in [1.54, 1.807) is 0 Å². The Morgan fingerprint density at radius 3 is 2.64 bits per heavy atom. The molecular formula is C25H35F2N9O3. The highest BCUT2D eigenvalue weighted by Gasteiger charge is 2.38. The SMILES string of the molecule is CCC[C@H]1C[C@@H](Nc2nc(Nc3cc(-n4nnn(C)c4=O)c(OCCO)cc3F)ncc2F)CC(C)(C)N1C. The zero-order valence-corrected chi connectivity index (χ0v) is 22.8. The Hall–Kier alpha value is -3.65. The predicted octanol–water partition coefficient (Wildman–Crippen LogP) is 2.60. The first kappa shape index (κ1) is 28.4. The number of aliphatic hydroxyl groups excluding tert-OH is 1. The van der Waals surface area contributed by atoms with Gasteiger partial charge in [-0.3, -0.25) is 4.90 Å². The van der Waals surface area contributed by atoms with E-state index in [1.807, 2.05) is 0 Å². The van der Waals surface area contributed by atoms with Crippen LogP contribution < -0.4 is 21.1 Å². The Bertz CT molecular complexity index is 1360. The van der Waals surface area contributed by atoms with Crippen molar-refractivity contribution in [3.8, 4) is 11.4 Å². The minimum Gasteiger partial charge on any atom is -0.489 e. The monoisotopic (exact) mass is 547 g/mol. The summed E-state index contributed by atoms with van der Waals surface area (Å²) in [4.78, 5) is 23.1. The lowest BCUT2D eigenvalue weighted by Crippen LogP contribution is -2.56. The molecule has 39 heavy (non-hydrogen) atoms. The Balaban J connectivity index is 1.61. The minimum absolute atomic E-state index is 0.0140. The summed E-state index contributed by atoms with van der Waals surface area (Å²) < 4.78 is 37.2. The van der Waals surface area contributed by atoms with Gasteiger partial charge in [-0.25, -0.2) is 18.6 Å². The Labute approximate surface area is 225 Å². The fourth-order valence-corrected chi connectivity index (χ4v) is 4.95. The van der Waals surface area contributed by atoms with Gasteiger partial charge in [-0.1, -0.05) is 13.3 Å². The van der Waals surface area contributed by atoms with Crippen LogP contribution >= 0.6 is 0 Å². The Morgan fingerprint density at radius 2 is 1.97 bits per heavy atom. The van der Waals surface area contributed by atoms with Crippen molar-refractivity contribution in [2.75, 3.05) is 30.9 Å². The number of benzene rings is 1. The third-order valence-corrected chi connectivity index (χ3v) is 7.11. The van der Waals surface area contributed by atoms with Gasteiger partial charge in [0.15, 0.2) is 17.5 Å². The maximum atomic E-state index is 15.1. The second-order valence-corrected chi connectivity index (χ2v) is 10.3. The lowest BCUT2D eigenvalue weighted by Gasteiger charge is -2.49. The van der Waals surface area contributed by atoms with E-state index < -0.39 is 17.3 Å². The van der Waals surface area contributed by atoms with E-state index in [-0.39, 0.29) is 53.7 Å². The normalized spacial score (nSPS) is 19.2. The smallest absolute Gasteiger partial charge is 0.368 e. The molecule has 0 bridgehead atoms. The topological polar surface area (TPSA) is 135 Å². The van der Waals surface area contributed by atoms with E-state index >= 15 is 4.39 Å². The molecule has 3 N–H and O–H groups in total. The van der Waals surface area contributed by atoms with E-state index in [9.17, 15) is 9.18 Å². The number of nitrogens with one attached hydrogen (secondary N) is 2. The fraction of sp³-hybridized carbons (Fsp3) is 0.560. The van der Waals surface area contributed by atoms with Crippen LogP contribution in [0.2, 0.25) is 0 Å². The van der Waals surface area contributed by atoms with Gasteiger partial charge in [-0.15, -0.1) is 0 Å². The summed E-state index contributed by atoms with van der Waals surface area (Å²) in [5.41, 5.74) is -0.687. The number of ether oxygens (including phenoxy) is 1. The van der Waals surface area contributed by atoms with Gasteiger partial charge in [0.25, 0.3) is 0 Å². The zero-order valence-electron chi connectivity index (χ0n) is 22.8. The standard InChI is InChI=1S/C25H35F2N9O3/c1-6-7-16-10-15(13-25(2,3)34(16)4)29-22-18(27)14-28-23(31-22)30-19-12-20(36-24(38)35(5)32-33-36)21(11-17(19)26)39-9-8-37/h11-12,14-16,37H,6-10,13H2,1-5H3,(H2,28,29,30,31)/t15-,16+/m1/s1. The zero-order chi connectivity index (χ0) is 28.3. The van der Waals surface area contributed by atoms with Crippen LogP contribution in [0.4, 0.5) is 26.2 Å². The van der Waals surface area contributed by atoms with Crippen LogP contribution in [0.5, 0.6) is 5.75 Å². The third-order valence-electron chi connectivity index (χ3n) is 7.11. The molecule has 1 aliphatic heterocycles. The van der Waals surface area contributed by atoms with Crippen LogP contribution in [0.25, 0.3) is 5.69 Å². The maximum Gasteiger partial charge on any atom is 0.368 e. The number of aryl methyl sites for hydroxylation is 1. The van der Waals surface area contributed by atoms with E-state index in [1.165, 1.54) is 13.1 Å². The summed E-state index contributed by atoms with van der Waals surface area (Å²) in [6, 6.07) is 2.67. The van der Waals surface area contributed by atoms with Crippen molar-refractivity contribution < 1.29 is 18.6 Å². The van der Waals surface area contributed by atoms with Crippen LogP contribution in [0.1, 0.15) is 46.5 Å². The highest BCUT2D eigenvalue weighted by molar-refractivity contribution is 5.63. The average Bonchev–Trinajstić information content (AvgIpc) is 3.22. The largest absolute Gasteiger partial charge is 0.489 e. The fourth-order valence-electron chi connectivity index (χ4n) is 4.95. The van der Waals surface area contributed by atoms with Gasteiger partial charge in [0.05, 0.1) is 18.5 Å². The number of aromatic nitrogens is 6. The van der Waals surface area contributed by atoms with Crippen molar-refractivity contribution in [1.82, 2.24) is 34.7 Å².